The van der Waals surface area contributed by atoms with E-state index in [1.807, 2.05) is 35.2 Å². The van der Waals surface area contributed by atoms with Crippen LogP contribution in [-0.2, 0) is 19.7 Å². The van der Waals surface area contributed by atoms with Crippen molar-refractivity contribution in [3.8, 4) is 0 Å². The fourth-order valence-corrected chi connectivity index (χ4v) is 3.45. The molecule has 5 heteroatoms. The lowest BCUT2D eigenvalue weighted by molar-refractivity contribution is -0.151. The number of carbonyl (C=O) groups excluding carboxylic acids is 1. The van der Waals surface area contributed by atoms with Crippen LogP contribution in [0, 0.1) is 0 Å². The van der Waals surface area contributed by atoms with Crippen molar-refractivity contribution in [1.29, 1.82) is 0 Å². The molecule has 0 saturated carbocycles. The quantitative estimate of drug-likeness (QED) is 0.903. The van der Waals surface area contributed by atoms with Crippen LogP contribution in [0.25, 0.3) is 0 Å². The highest BCUT2D eigenvalue weighted by atomic mass is 16.5. The molecule has 0 bridgehead atoms. The monoisotopic (exact) mass is 305 g/mol. The second-order valence-corrected chi connectivity index (χ2v) is 5.97. The maximum Gasteiger partial charge on any atom is 0.233 e. The number of nitrogens with zero attached hydrogens (tertiary/aromatic N) is 1. The Morgan fingerprint density at radius 1 is 1.18 bits per heavy atom. The predicted molar refractivity (Wildman–Crippen MR) is 81.6 cm³/mol. The molecule has 0 aliphatic carbocycles. The molecule has 120 valence electrons. The summed E-state index contributed by atoms with van der Waals surface area (Å²) >= 11 is 0. The Balaban J connectivity index is 1.93. The first-order valence-electron chi connectivity index (χ1n) is 7.91. The van der Waals surface area contributed by atoms with Gasteiger partial charge in [-0.2, -0.15) is 0 Å². The van der Waals surface area contributed by atoms with Gasteiger partial charge in [0.15, 0.2) is 0 Å². The molecule has 2 aliphatic heterocycles. The smallest absolute Gasteiger partial charge is 0.233 e. The Hall–Kier alpha value is -1.43. The summed E-state index contributed by atoms with van der Waals surface area (Å²) in [6.07, 6.45) is 1.37. The highest BCUT2D eigenvalue weighted by Crippen LogP contribution is 2.37. The SMILES string of the molecule is O=C(N1CCOC[C@H]1CO)C1(c2ccccc2)CCOCC1. The van der Waals surface area contributed by atoms with Crippen molar-refractivity contribution in [2.75, 3.05) is 39.6 Å². The number of carbonyl (C=O) groups is 1. The zero-order valence-corrected chi connectivity index (χ0v) is 12.7. The number of ether oxygens (including phenoxy) is 2. The molecule has 2 fully saturated rings. The Labute approximate surface area is 130 Å². The van der Waals surface area contributed by atoms with E-state index < -0.39 is 5.41 Å². The molecule has 0 radical (unpaired) electrons. The Bertz CT molecular complexity index is 499. The minimum atomic E-state index is -0.537. The molecular weight excluding hydrogens is 282 g/mol. The zero-order chi connectivity index (χ0) is 15.4. The van der Waals surface area contributed by atoms with Crippen molar-refractivity contribution < 1.29 is 19.4 Å². The van der Waals surface area contributed by atoms with Crippen molar-refractivity contribution in [3.05, 3.63) is 35.9 Å². The van der Waals surface area contributed by atoms with Crippen LogP contribution >= 0.6 is 0 Å². The summed E-state index contributed by atoms with van der Waals surface area (Å²) in [6, 6.07) is 9.72. The molecule has 2 saturated heterocycles. The fraction of sp³-hybridized carbons (Fsp3) is 0.588. The lowest BCUT2D eigenvalue weighted by atomic mass is 9.72. The molecule has 0 unspecified atom stereocenters. The van der Waals surface area contributed by atoms with Crippen molar-refractivity contribution in [3.63, 3.8) is 0 Å². The largest absolute Gasteiger partial charge is 0.394 e. The van der Waals surface area contributed by atoms with Gasteiger partial charge in [0.2, 0.25) is 5.91 Å². The van der Waals surface area contributed by atoms with E-state index in [0.717, 1.165) is 5.56 Å². The van der Waals surface area contributed by atoms with Gasteiger partial charge in [-0.1, -0.05) is 30.3 Å². The van der Waals surface area contributed by atoms with Gasteiger partial charge in [-0.25, -0.2) is 0 Å². The second kappa shape index (κ2) is 6.77. The highest BCUT2D eigenvalue weighted by Gasteiger charge is 2.45. The summed E-state index contributed by atoms with van der Waals surface area (Å²) in [5, 5.41) is 9.56. The highest BCUT2D eigenvalue weighted by molar-refractivity contribution is 5.88. The van der Waals surface area contributed by atoms with E-state index in [1.54, 1.807) is 0 Å². The molecule has 1 amide bonds. The van der Waals surface area contributed by atoms with Crippen LogP contribution in [-0.4, -0.2) is 61.5 Å². The molecule has 2 heterocycles. The third kappa shape index (κ3) is 2.76. The minimum Gasteiger partial charge on any atom is -0.394 e. The normalized spacial score (nSPS) is 25.0. The van der Waals surface area contributed by atoms with E-state index >= 15 is 0 Å². The van der Waals surface area contributed by atoms with Gasteiger partial charge in [0.1, 0.15) is 0 Å². The summed E-state index contributed by atoms with van der Waals surface area (Å²) in [5.74, 6) is 0.101. The number of benzene rings is 1. The molecule has 3 rings (SSSR count). The van der Waals surface area contributed by atoms with E-state index in [0.29, 0.717) is 45.8 Å². The summed E-state index contributed by atoms with van der Waals surface area (Å²) in [6.45, 7) is 2.60. The number of aliphatic hydroxyl groups is 1. The van der Waals surface area contributed by atoms with Gasteiger partial charge in [-0.3, -0.25) is 4.79 Å². The van der Waals surface area contributed by atoms with Crippen LogP contribution < -0.4 is 0 Å². The van der Waals surface area contributed by atoms with Crippen molar-refractivity contribution >= 4 is 5.91 Å². The van der Waals surface area contributed by atoms with Crippen LogP contribution in [0.5, 0.6) is 0 Å². The summed E-state index contributed by atoms with van der Waals surface area (Å²) in [7, 11) is 0. The molecule has 1 aromatic rings. The van der Waals surface area contributed by atoms with Crippen LogP contribution in [0.3, 0.4) is 0 Å². The summed E-state index contributed by atoms with van der Waals surface area (Å²) in [5.41, 5.74) is 0.510. The molecule has 0 spiro atoms. The average Bonchev–Trinajstić information content (AvgIpc) is 2.62. The van der Waals surface area contributed by atoms with Gasteiger partial charge >= 0.3 is 0 Å². The number of aliphatic hydroxyl groups excluding tert-OH is 1. The predicted octanol–water partition coefficient (Wildman–Crippen LogP) is 0.954. The summed E-state index contributed by atoms with van der Waals surface area (Å²) < 4.78 is 10.9. The van der Waals surface area contributed by atoms with Crippen molar-refractivity contribution in [1.82, 2.24) is 4.90 Å². The Kier molecular flexibility index (Phi) is 4.76. The molecule has 1 atom stereocenters. The van der Waals surface area contributed by atoms with Crippen LogP contribution in [0.2, 0.25) is 0 Å². The van der Waals surface area contributed by atoms with E-state index in [2.05, 4.69) is 0 Å². The first kappa shape index (κ1) is 15.5. The maximum atomic E-state index is 13.3. The number of hydrogen-bond acceptors (Lipinski definition) is 4. The molecule has 22 heavy (non-hydrogen) atoms. The molecule has 0 aromatic heterocycles. The topological polar surface area (TPSA) is 59.0 Å². The molecule has 5 nitrogen and oxygen atoms in total. The van der Waals surface area contributed by atoms with E-state index in [-0.39, 0.29) is 18.6 Å². The van der Waals surface area contributed by atoms with Gasteiger partial charge in [0.05, 0.1) is 31.3 Å². The van der Waals surface area contributed by atoms with Crippen molar-refractivity contribution in [2.45, 2.75) is 24.3 Å². The fourth-order valence-electron chi connectivity index (χ4n) is 3.45. The van der Waals surface area contributed by atoms with E-state index in [1.165, 1.54) is 0 Å². The number of rotatable bonds is 3. The van der Waals surface area contributed by atoms with E-state index in [9.17, 15) is 9.90 Å². The third-order valence-electron chi connectivity index (χ3n) is 4.78. The number of morpholine rings is 1. The van der Waals surface area contributed by atoms with Gasteiger partial charge in [-0.05, 0) is 18.4 Å². The van der Waals surface area contributed by atoms with Gasteiger partial charge < -0.3 is 19.5 Å². The molecule has 2 aliphatic rings. The maximum absolute atomic E-state index is 13.3. The lowest BCUT2D eigenvalue weighted by Crippen LogP contribution is -2.58. The van der Waals surface area contributed by atoms with Crippen LogP contribution in [0.15, 0.2) is 30.3 Å². The van der Waals surface area contributed by atoms with Gasteiger partial charge in [0, 0.05) is 19.8 Å². The first-order valence-corrected chi connectivity index (χ1v) is 7.91. The Morgan fingerprint density at radius 3 is 2.59 bits per heavy atom. The Morgan fingerprint density at radius 2 is 1.91 bits per heavy atom. The molecule has 1 N–H and O–H groups in total. The zero-order valence-electron chi connectivity index (χ0n) is 12.7. The second-order valence-electron chi connectivity index (χ2n) is 5.97. The minimum absolute atomic E-state index is 0.0624. The molecular formula is C17H23NO4. The average molecular weight is 305 g/mol. The standard InChI is InChI=1S/C17H23NO4/c19-12-15-13-22-11-8-18(15)16(20)17(6-9-21-10-7-17)14-4-2-1-3-5-14/h1-5,15,19H,6-13H2/t15-/m1/s1. The van der Waals surface area contributed by atoms with Crippen molar-refractivity contribution in [2.24, 2.45) is 0 Å². The number of amides is 1. The lowest BCUT2D eigenvalue weighted by Gasteiger charge is -2.44. The first-order chi connectivity index (χ1) is 10.8. The van der Waals surface area contributed by atoms with E-state index in [4.69, 9.17) is 9.47 Å². The van der Waals surface area contributed by atoms with Gasteiger partial charge in [-0.15, -0.1) is 0 Å². The van der Waals surface area contributed by atoms with Gasteiger partial charge in [0.25, 0.3) is 0 Å². The molecule has 1 aromatic carbocycles. The van der Waals surface area contributed by atoms with Crippen LogP contribution in [0.4, 0.5) is 0 Å². The number of hydrogen-bond donors (Lipinski definition) is 1. The summed E-state index contributed by atoms with van der Waals surface area (Å²) in [4.78, 5) is 15.2. The third-order valence-corrected chi connectivity index (χ3v) is 4.78. The van der Waals surface area contributed by atoms with Crippen LogP contribution in [0.1, 0.15) is 18.4 Å².